The van der Waals surface area contributed by atoms with Crippen LogP contribution < -0.4 is 0 Å². The van der Waals surface area contributed by atoms with Crippen LogP contribution in [0.3, 0.4) is 0 Å². The molecule has 1 rings (SSSR count). The van der Waals surface area contributed by atoms with Crippen LogP contribution in [0.2, 0.25) is 0 Å². The Bertz CT molecular complexity index is 98.7. The molecule has 1 fully saturated rings. The average Bonchev–Trinajstić information content (AvgIpc) is 2.46. The molecule has 1 aliphatic rings. The lowest BCUT2D eigenvalue weighted by molar-refractivity contribution is 0.210. The summed E-state index contributed by atoms with van der Waals surface area (Å²) in [7, 11) is 0. The van der Waals surface area contributed by atoms with E-state index in [9.17, 15) is 0 Å². The van der Waals surface area contributed by atoms with Crippen LogP contribution in [-0.4, -0.2) is 11.7 Å². The lowest BCUT2D eigenvalue weighted by Gasteiger charge is -2.03. The molecule has 0 heterocycles. The summed E-state index contributed by atoms with van der Waals surface area (Å²) in [5.41, 5.74) is 0.315. The monoisotopic (exact) mass is 128 g/mol. The third kappa shape index (κ3) is 1.26. The van der Waals surface area contributed by atoms with Crippen molar-refractivity contribution in [3.05, 3.63) is 0 Å². The van der Waals surface area contributed by atoms with Crippen molar-refractivity contribution in [3.63, 3.8) is 0 Å². The molecule has 1 saturated carbocycles. The molecule has 54 valence electrons. The van der Waals surface area contributed by atoms with E-state index in [1.165, 1.54) is 19.3 Å². The third-order valence-corrected chi connectivity index (χ3v) is 2.54. The summed E-state index contributed by atoms with van der Waals surface area (Å²) in [5.74, 6) is 0.826. The molecule has 2 unspecified atom stereocenters. The highest BCUT2D eigenvalue weighted by Gasteiger charge is 2.48. The minimum absolute atomic E-state index is 0.315. The zero-order valence-electron chi connectivity index (χ0n) is 6.35. The Morgan fingerprint density at radius 2 is 2.33 bits per heavy atom. The summed E-state index contributed by atoms with van der Waals surface area (Å²) >= 11 is 0. The lowest BCUT2D eigenvalue weighted by Crippen LogP contribution is -2.03. The Morgan fingerprint density at radius 1 is 1.67 bits per heavy atom. The first-order chi connectivity index (χ1) is 4.23. The van der Waals surface area contributed by atoms with Crippen molar-refractivity contribution in [3.8, 4) is 0 Å². The van der Waals surface area contributed by atoms with Gasteiger partial charge in [0.2, 0.25) is 0 Å². The Balaban J connectivity index is 2.22. The molecule has 0 aromatic rings. The first kappa shape index (κ1) is 7.07. The van der Waals surface area contributed by atoms with Crippen molar-refractivity contribution in [1.82, 2.24) is 0 Å². The quantitative estimate of drug-likeness (QED) is 0.614. The van der Waals surface area contributed by atoms with Gasteiger partial charge in [0.1, 0.15) is 0 Å². The summed E-state index contributed by atoms with van der Waals surface area (Å²) in [6, 6.07) is 0. The first-order valence-corrected chi connectivity index (χ1v) is 3.84. The molecule has 2 atom stereocenters. The highest BCUT2D eigenvalue weighted by Crippen LogP contribution is 2.53. The molecule has 9 heavy (non-hydrogen) atoms. The van der Waals surface area contributed by atoms with Gasteiger partial charge in [-0.3, -0.25) is 0 Å². The SMILES string of the molecule is CCCC1CC1(C)CO. The summed E-state index contributed by atoms with van der Waals surface area (Å²) in [6.45, 7) is 4.76. The van der Waals surface area contributed by atoms with Crippen molar-refractivity contribution < 1.29 is 5.11 Å². The molecule has 1 N–H and O–H groups in total. The van der Waals surface area contributed by atoms with E-state index in [2.05, 4.69) is 13.8 Å². The maximum absolute atomic E-state index is 8.86. The van der Waals surface area contributed by atoms with Gasteiger partial charge in [0.25, 0.3) is 0 Å². The number of hydrogen-bond donors (Lipinski definition) is 1. The molecule has 0 bridgehead atoms. The highest BCUT2D eigenvalue weighted by molar-refractivity contribution is 4.97. The molecule has 0 radical (unpaired) electrons. The maximum Gasteiger partial charge on any atom is 0.0487 e. The van der Waals surface area contributed by atoms with Gasteiger partial charge in [-0.2, -0.15) is 0 Å². The molecule has 0 aromatic carbocycles. The third-order valence-electron chi connectivity index (χ3n) is 2.54. The van der Waals surface area contributed by atoms with Gasteiger partial charge in [0.05, 0.1) is 0 Å². The number of rotatable bonds is 3. The van der Waals surface area contributed by atoms with Crippen molar-refractivity contribution >= 4 is 0 Å². The van der Waals surface area contributed by atoms with E-state index in [1.54, 1.807) is 0 Å². The van der Waals surface area contributed by atoms with Gasteiger partial charge in [0, 0.05) is 6.61 Å². The molecule has 0 aliphatic heterocycles. The lowest BCUT2D eigenvalue weighted by atomic mass is 10.1. The Labute approximate surface area is 57.1 Å². The van der Waals surface area contributed by atoms with Gasteiger partial charge in [-0.15, -0.1) is 0 Å². The summed E-state index contributed by atoms with van der Waals surface area (Å²) in [4.78, 5) is 0. The van der Waals surface area contributed by atoms with Gasteiger partial charge in [0.15, 0.2) is 0 Å². The number of aliphatic hydroxyl groups is 1. The summed E-state index contributed by atoms with van der Waals surface area (Å²) in [6.07, 6.45) is 3.81. The molecule has 1 heteroatoms. The Morgan fingerprint density at radius 3 is 2.67 bits per heavy atom. The van der Waals surface area contributed by atoms with E-state index in [1.807, 2.05) is 0 Å². The van der Waals surface area contributed by atoms with Crippen LogP contribution in [0.5, 0.6) is 0 Å². The van der Waals surface area contributed by atoms with Crippen LogP contribution in [0.1, 0.15) is 33.1 Å². The minimum atomic E-state index is 0.315. The zero-order valence-corrected chi connectivity index (χ0v) is 6.35. The molecule has 0 amide bonds. The molecular formula is C8H16O. The van der Waals surface area contributed by atoms with Crippen LogP contribution >= 0.6 is 0 Å². The van der Waals surface area contributed by atoms with Gasteiger partial charge < -0.3 is 5.11 Å². The van der Waals surface area contributed by atoms with Crippen LogP contribution in [0.4, 0.5) is 0 Å². The summed E-state index contributed by atoms with van der Waals surface area (Å²) < 4.78 is 0. The topological polar surface area (TPSA) is 20.2 Å². The van der Waals surface area contributed by atoms with Crippen LogP contribution in [0, 0.1) is 11.3 Å². The molecular weight excluding hydrogens is 112 g/mol. The maximum atomic E-state index is 8.86. The van der Waals surface area contributed by atoms with E-state index >= 15 is 0 Å². The van der Waals surface area contributed by atoms with E-state index in [0.29, 0.717) is 12.0 Å². The van der Waals surface area contributed by atoms with Crippen molar-refractivity contribution in [2.45, 2.75) is 33.1 Å². The second-order valence-corrected chi connectivity index (χ2v) is 3.50. The smallest absolute Gasteiger partial charge is 0.0487 e. The van der Waals surface area contributed by atoms with E-state index in [0.717, 1.165) is 5.92 Å². The number of hydrogen-bond acceptors (Lipinski definition) is 1. The second-order valence-electron chi connectivity index (χ2n) is 3.50. The minimum Gasteiger partial charge on any atom is -0.396 e. The van der Waals surface area contributed by atoms with Crippen molar-refractivity contribution in [2.75, 3.05) is 6.61 Å². The Kier molecular flexibility index (Phi) is 1.80. The standard InChI is InChI=1S/C8H16O/c1-3-4-7-5-8(7,2)6-9/h7,9H,3-6H2,1-2H3. The van der Waals surface area contributed by atoms with E-state index in [4.69, 9.17) is 5.11 Å². The predicted molar refractivity (Wildman–Crippen MR) is 38.2 cm³/mol. The van der Waals surface area contributed by atoms with Crippen molar-refractivity contribution in [1.29, 1.82) is 0 Å². The van der Waals surface area contributed by atoms with Gasteiger partial charge in [-0.1, -0.05) is 26.7 Å². The van der Waals surface area contributed by atoms with Gasteiger partial charge in [-0.05, 0) is 17.8 Å². The average molecular weight is 128 g/mol. The fourth-order valence-corrected chi connectivity index (χ4v) is 1.50. The van der Waals surface area contributed by atoms with Crippen LogP contribution in [0.25, 0.3) is 0 Å². The molecule has 0 spiro atoms. The fraction of sp³-hybridized carbons (Fsp3) is 1.00. The van der Waals surface area contributed by atoms with Crippen LogP contribution in [0.15, 0.2) is 0 Å². The molecule has 1 nitrogen and oxygen atoms in total. The van der Waals surface area contributed by atoms with Gasteiger partial charge in [-0.25, -0.2) is 0 Å². The van der Waals surface area contributed by atoms with Crippen LogP contribution in [-0.2, 0) is 0 Å². The second kappa shape index (κ2) is 2.30. The largest absolute Gasteiger partial charge is 0.396 e. The summed E-state index contributed by atoms with van der Waals surface area (Å²) in [5, 5.41) is 8.86. The molecule has 0 aromatic heterocycles. The van der Waals surface area contributed by atoms with Gasteiger partial charge >= 0.3 is 0 Å². The highest BCUT2D eigenvalue weighted by atomic mass is 16.3. The van der Waals surface area contributed by atoms with Crippen molar-refractivity contribution in [2.24, 2.45) is 11.3 Å². The fourth-order valence-electron chi connectivity index (χ4n) is 1.50. The Hall–Kier alpha value is -0.0400. The molecule has 1 aliphatic carbocycles. The molecule has 0 saturated heterocycles. The first-order valence-electron chi connectivity index (χ1n) is 3.84. The normalized spacial score (nSPS) is 41.0. The van der Waals surface area contributed by atoms with E-state index < -0.39 is 0 Å². The van der Waals surface area contributed by atoms with E-state index in [-0.39, 0.29) is 0 Å². The zero-order chi connectivity index (χ0) is 6.91. The predicted octanol–water partition coefficient (Wildman–Crippen LogP) is 1.81. The number of aliphatic hydroxyl groups excluding tert-OH is 1.